The number of para-hydroxylation sites is 1. The molecule has 0 aliphatic heterocycles. The number of ketones is 1. The molecule has 4 aromatic carbocycles. The molecular formula is C42H46FIrN2O3-. The van der Waals surface area contributed by atoms with Gasteiger partial charge in [-0.05, 0) is 80.5 Å². The number of aryl methyl sites for hydroxylation is 3. The van der Waals surface area contributed by atoms with Crippen molar-refractivity contribution in [2.75, 3.05) is 0 Å². The number of aliphatic hydroxyl groups is 1. The van der Waals surface area contributed by atoms with Crippen molar-refractivity contribution >= 4 is 49.4 Å². The van der Waals surface area contributed by atoms with Crippen LogP contribution in [-0.2, 0) is 24.9 Å². The average Bonchev–Trinajstić information content (AvgIpc) is 3.48. The molecule has 5 nitrogen and oxygen atoms in total. The first-order chi connectivity index (χ1) is 22.8. The first-order valence-electron chi connectivity index (χ1n) is 17.0. The van der Waals surface area contributed by atoms with Crippen molar-refractivity contribution in [1.29, 1.82) is 0 Å². The van der Waals surface area contributed by atoms with E-state index in [1.54, 1.807) is 6.92 Å². The summed E-state index contributed by atoms with van der Waals surface area (Å²) >= 11 is 0. The van der Waals surface area contributed by atoms with Crippen LogP contribution in [0.4, 0.5) is 4.39 Å². The van der Waals surface area contributed by atoms with Gasteiger partial charge in [0, 0.05) is 53.5 Å². The Balaban J connectivity index is 0.000000260. The van der Waals surface area contributed by atoms with Crippen molar-refractivity contribution in [2.24, 2.45) is 10.8 Å². The Hall–Kier alpha value is -3.93. The summed E-state index contributed by atoms with van der Waals surface area (Å²) in [6, 6.07) is 21.1. The molecule has 0 atom stereocenters. The standard InChI is InChI=1S/C27H18FN2O.C15H28O2.Ir/c1-14-13-17-11-12-20-25(29-16(3)30-26(20)23(17)15(2)24(14)28)21-9-6-8-19-18-7-4-5-10-22(18)31-27(19)21;1-7-14(5,8-2)12(16)11-13(17)15(6,9-3)10-4;/h4-8,10-13H,1-3H3;11,16H,7-10H2,1-6H3;/q-1;;/b;12-11-;. The molecule has 0 fully saturated rings. The Morgan fingerprint density at radius 3 is 2.20 bits per heavy atom. The second-order valence-electron chi connectivity index (χ2n) is 13.4. The molecule has 0 spiro atoms. The SMILES string of the molecule is CCC(C)(CC)C(=O)/C=C(\O)C(C)(CC)CC.Cc1nc(-c2[c-]ccc3c2oc2ccccc23)c2ccc3cc(C)c(F)c(C)c3c2n1.[Ir]. The minimum Gasteiger partial charge on any atom is -0.512 e. The van der Waals surface area contributed by atoms with Crippen LogP contribution in [0.2, 0.25) is 0 Å². The van der Waals surface area contributed by atoms with E-state index in [4.69, 9.17) is 14.4 Å². The van der Waals surface area contributed by atoms with Crippen molar-refractivity contribution in [3.63, 3.8) is 0 Å². The van der Waals surface area contributed by atoms with Crippen LogP contribution in [0.1, 0.15) is 84.2 Å². The van der Waals surface area contributed by atoms with Crippen LogP contribution in [0.3, 0.4) is 0 Å². The molecule has 6 aromatic rings. The zero-order valence-electron chi connectivity index (χ0n) is 30.0. The number of furan rings is 1. The molecule has 259 valence electrons. The largest absolute Gasteiger partial charge is 0.512 e. The van der Waals surface area contributed by atoms with E-state index < -0.39 is 0 Å². The van der Waals surface area contributed by atoms with Crippen LogP contribution in [0.25, 0.3) is 54.9 Å². The quantitative estimate of drug-likeness (QED) is 0.0715. The number of nitrogens with zero attached hydrogens (tertiary/aromatic N) is 2. The Bertz CT molecular complexity index is 2190. The van der Waals surface area contributed by atoms with Crippen LogP contribution in [0.15, 0.2) is 70.8 Å². The number of carbonyl (C=O) groups is 1. The number of carbonyl (C=O) groups excluding carboxylic acids is 1. The van der Waals surface area contributed by atoms with Gasteiger partial charge < -0.3 is 9.52 Å². The van der Waals surface area contributed by atoms with Gasteiger partial charge in [-0.15, -0.1) is 18.2 Å². The summed E-state index contributed by atoms with van der Waals surface area (Å²) in [5.41, 5.74) is 4.49. The molecule has 6 rings (SSSR count). The number of aromatic nitrogens is 2. The summed E-state index contributed by atoms with van der Waals surface area (Å²) in [6.45, 7) is 17.5. The minimum absolute atomic E-state index is 0. The first-order valence-corrected chi connectivity index (χ1v) is 17.0. The van der Waals surface area contributed by atoms with Crippen LogP contribution < -0.4 is 0 Å². The fourth-order valence-electron chi connectivity index (χ4n) is 6.28. The van der Waals surface area contributed by atoms with Crippen LogP contribution in [0, 0.1) is 43.5 Å². The Morgan fingerprint density at radius 1 is 0.898 bits per heavy atom. The number of benzene rings is 4. The molecule has 49 heavy (non-hydrogen) atoms. The number of halogens is 1. The number of aliphatic hydroxyl groups excluding tert-OH is 1. The summed E-state index contributed by atoms with van der Waals surface area (Å²) in [5, 5.41) is 14.9. The molecule has 0 amide bonds. The number of rotatable bonds is 8. The fraction of sp³-hybridized carbons (Fsp3) is 0.357. The summed E-state index contributed by atoms with van der Waals surface area (Å²) in [5.74, 6) is 0.717. The Morgan fingerprint density at radius 2 is 1.55 bits per heavy atom. The van der Waals surface area contributed by atoms with Gasteiger partial charge in [0.05, 0.1) is 11.1 Å². The summed E-state index contributed by atoms with van der Waals surface area (Å²) in [6.07, 6.45) is 4.75. The second-order valence-corrected chi connectivity index (χ2v) is 13.4. The number of allylic oxidation sites excluding steroid dienone is 2. The maximum absolute atomic E-state index is 14.8. The third-order valence-corrected chi connectivity index (χ3v) is 10.6. The zero-order valence-corrected chi connectivity index (χ0v) is 32.4. The van der Waals surface area contributed by atoms with Gasteiger partial charge in [-0.2, -0.15) is 0 Å². The predicted molar refractivity (Wildman–Crippen MR) is 196 cm³/mol. The molecule has 0 saturated carbocycles. The van der Waals surface area contributed by atoms with E-state index in [2.05, 4.69) is 12.1 Å². The van der Waals surface area contributed by atoms with Gasteiger partial charge in [0.2, 0.25) is 0 Å². The minimum atomic E-state index is -0.337. The number of hydrogen-bond acceptors (Lipinski definition) is 5. The van der Waals surface area contributed by atoms with E-state index in [0.717, 1.165) is 80.6 Å². The Kier molecular flexibility index (Phi) is 11.5. The van der Waals surface area contributed by atoms with Gasteiger partial charge in [-0.3, -0.25) is 9.78 Å². The average molecular weight is 838 g/mol. The van der Waals surface area contributed by atoms with Crippen LogP contribution >= 0.6 is 0 Å². The molecule has 2 aromatic heterocycles. The fourth-order valence-corrected chi connectivity index (χ4v) is 6.28. The topological polar surface area (TPSA) is 76.2 Å². The maximum atomic E-state index is 14.8. The van der Waals surface area contributed by atoms with E-state index in [1.165, 1.54) is 6.08 Å². The monoisotopic (exact) mass is 838 g/mol. The van der Waals surface area contributed by atoms with E-state index in [9.17, 15) is 14.3 Å². The van der Waals surface area contributed by atoms with Gasteiger partial charge in [-0.25, -0.2) is 9.37 Å². The van der Waals surface area contributed by atoms with E-state index in [-0.39, 0.29) is 48.3 Å². The van der Waals surface area contributed by atoms with Crippen molar-refractivity contribution < 1.29 is 38.8 Å². The molecule has 0 aliphatic rings. The van der Waals surface area contributed by atoms with Crippen molar-refractivity contribution in [3.8, 4) is 11.3 Å². The third-order valence-electron chi connectivity index (χ3n) is 10.6. The van der Waals surface area contributed by atoms with Crippen molar-refractivity contribution in [3.05, 3.63) is 95.3 Å². The number of fused-ring (bicyclic) bond motifs is 6. The molecule has 7 heteroatoms. The molecule has 0 unspecified atom stereocenters. The van der Waals surface area contributed by atoms with Gasteiger partial charge >= 0.3 is 0 Å². The predicted octanol–water partition coefficient (Wildman–Crippen LogP) is 11.9. The van der Waals surface area contributed by atoms with E-state index in [0.29, 0.717) is 17.0 Å². The zero-order chi connectivity index (χ0) is 35.0. The molecule has 1 radical (unpaired) electrons. The van der Waals surface area contributed by atoms with Gasteiger partial charge in [0.1, 0.15) is 23.0 Å². The van der Waals surface area contributed by atoms with Crippen molar-refractivity contribution in [2.45, 2.75) is 88.0 Å². The normalized spacial score (nSPS) is 12.3. The molecule has 0 saturated heterocycles. The van der Waals surface area contributed by atoms with Crippen LogP contribution in [-0.4, -0.2) is 20.9 Å². The van der Waals surface area contributed by atoms with Gasteiger partial charge in [0.25, 0.3) is 0 Å². The molecule has 1 N–H and O–H groups in total. The van der Waals surface area contributed by atoms with E-state index >= 15 is 0 Å². The summed E-state index contributed by atoms with van der Waals surface area (Å²) < 4.78 is 21.0. The number of hydrogen-bond donors (Lipinski definition) is 1. The summed E-state index contributed by atoms with van der Waals surface area (Å²) in [7, 11) is 0. The van der Waals surface area contributed by atoms with Gasteiger partial charge in [-0.1, -0.05) is 82.8 Å². The summed E-state index contributed by atoms with van der Waals surface area (Å²) in [4.78, 5) is 21.7. The third kappa shape index (κ3) is 6.93. The van der Waals surface area contributed by atoms with E-state index in [1.807, 2.05) is 104 Å². The molecule has 2 heterocycles. The Labute approximate surface area is 302 Å². The smallest absolute Gasteiger partial charge is 0.164 e. The maximum Gasteiger partial charge on any atom is 0.164 e. The van der Waals surface area contributed by atoms with Crippen LogP contribution in [0.5, 0.6) is 0 Å². The van der Waals surface area contributed by atoms with Crippen molar-refractivity contribution in [1.82, 2.24) is 9.97 Å². The molecule has 0 aliphatic carbocycles. The first kappa shape index (κ1) is 37.9. The van der Waals surface area contributed by atoms with Gasteiger partial charge in [0.15, 0.2) is 5.78 Å². The molecular weight excluding hydrogens is 792 g/mol. The molecule has 0 bridgehead atoms. The second kappa shape index (κ2) is 14.9.